The zero-order chi connectivity index (χ0) is 17.7. The predicted octanol–water partition coefficient (Wildman–Crippen LogP) is 1.45. The number of anilines is 1. The molecule has 1 amide bonds. The maximum atomic E-state index is 12.5. The third kappa shape index (κ3) is 2.10. The number of carbonyl (C=O) groups excluding carboxylic acids is 1. The summed E-state index contributed by atoms with van der Waals surface area (Å²) in [5.74, 6) is -0.0171. The molecule has 4 heterocycles. The second-order valence-electron chi connectivity index (χ2n) is 5.66. The first-order valence-electron chi connectivity index (χ1n) is 7.67. The molecule has 0 aliphatic heterocycles. The number of rotatable bonds is 3. The fraction of sp³-hybridized carbons (Fsp3) is 0.133. The van der Waals surface area contributed by atoms with Crippen molar-refractivity contribution < 1.29 is 14.1 Å². The fourth-order valence-electron chi connectivity index (χ4n) is 2.84. The third-order valence-electron chi connectivity index (χ3n) is 4.01. The molecular weight excluding hydrogens is 340 g/mol. The van der Waals surface area contributed by atoms with Crippen LogP contribution in [0, 0.1) is 6.92 Å². The van der Waals surface area contributed by atoms with Crippen LogP contribution < -0.4 is 5.32 Å². The monoisotopic (exact) mass is 350 g/mol. The van der Waals surface area contributed by atoms with Crippen molar-refractivity contribution in [2.75, 3.05) is 5.32 Å². The molecule has 0 unspecified atom stereocenters. The Morgan fingerprint density at radius 3 is 2.65 bits per heavy atom. The molecular formula is C15H10N8O3. The van der Waals surface area contributed by atoms with Crippen LogP contribution in [0.25, 0.3) is 33.4 Å². The molecule has 26 heavy (non-hydrogen) atoms. The standard InChI is InChI=1S/C15H10N8O3/c1-7-12(20-25-19-7)16-10(24)6-23-9-5-3-2-4-8(9)11-15(23)18-14-13(17-11)21-26-22-14/h2-5H,6H2,1H3,(H,16,20,24). The van der Waals surface area contributed by atoms with E-state index in [-0.39, 0.29) is 23.9 Å². The van der Waals surface area contributed by atoms with Crippen molar-refractivity contribution in [3.05, 3.63) is 30.0 Å². The molecule has 0 fully saturated rings. The average Bonchev–Trinajstić information content (AvgIpc) is 3.33. The highest BCUT2D eigenvalue weighted by Crippen LogP contribution is 2.27. The summed E-state index contributed by atoms with van der Waals surface area (Å²) < 4.78 is 11.0. The fourth-order valence-corrected chi connectivity index (χ4v) is 2.84. The molecule has 128 valence electrons. The lowest BCUT2D eigenvalue weighted by molar-refractivity contribution is -0.116. The highest BCUT2D eigenvalue weighted by atomic mass is 16.6. The van der Waals surface area contributed by atoms with Gasteiger partial charge in [-0.05, 0) is 28.5 Å². The Labute approximate surface area is 143 Å². The topological polar surface area (TPSA) is 138 Å². The van der Waals surface area contributed by atoms with E-state index in [1.165, 1.54) is 0 Å². The molecule has 5 rings (SSSR count). The Balaban J connectivity index is 1.65. The molecule has 0 radical (unpaired) electrons. The van der Waals surface area contributed by atoms with Crippen LogP contribution in [0.4, 0.5) is 5.82 Å². The number of nitrogens with one attached hydrogen (secondary N) is 1. The van der Waals surface area contributed by atoms with Crippen LogP contribution in [0.5, 0.6) is 0 Å². The minimum Gasteiger partial charge on any atom is -0.314 e. The second kappa shape index (κ2) is 5.31. The molecule has 0 bridgehead atoms. The number of nitrogens with zero attached hydrogens (tertiary/aromatic N) is 7. The van der Waals surface area contributed by atoms with Gasteiger partial charge in [-0.2, -0.15) is 0 Å². The maximum absolute atomic E-state index is 12.5. The SMILES string of the molecule is Cc1nonc1NC(=O)Cn1c2ccccc2c2nc3nonc3nc21. The first-order valence-corrected chi connectivity index (χ1v) is 7.67. The summed E-state index contributed by atoms with van der Waals surface area (Å²) in [5, 5.41) is 18.3. The van der Waals surface area contributed by atoms with E-state index in [0.29, 0.717) is 22.5 Å². The Morgan fingerprint density at radius 2 is 1.85 bits per heavy atom. The lowest BCUT2D eigenvalue weighted by Gasteiger charge is -2.06. The average molecular weight is 350 g/mol. The van der Waals surface area contributed by atoms with Crippen LogP contribution in [0.15, 0.2) is 33.5 Å². The lowest BCUT2D eigenvalue weighted by Crippen LogP contribution is -2.19. The van der Waals surface area contributed by atoms with Gasteiger partial charge in [-0.25, -0.2) is 19.2 Å². The molecule has 1 N–H and O–H groups in total. The van der Waals surface area contributed by atoms with Gasteiger partial charge in [0.25, 0.3) is 0 Å². The summed E-state index contributed by atoms with van der Waals surface area (Å²) >= 11 is 0. The number of aromatic nitrogens is 7. The first-order chi connectivity index (χ1) is 12.7. The number of benzene rings is 1. The van der Waals surface area contributed by atoms with Crippen LogP contribution in [0.1, 0.15) is 5.69 Å². The summed E-state index contributed by atoms with van der Waals surface area (Å²) in [7, 11) is 0. The van der Waals surface area contributed by atoms with E-state index in [2.05, 4.69) is 45.2 Å². The predicted molar refractivity (Wildman–Crippen MR) is 88.1 cm³/mol. The van der Waals surface area contributed by atoms with E-state index < -0.39 is 0 Å². The number of para-hydroxylation sites is 1. The summed E-state index contributed by atoms with van der Waals surface area (Å²) in [6.07, 6.45) is 0. The first kappa shape index (κ1) is 14.5. The Kier molecular flexibility index (Phi) is 2.95. The lowest BCUT2D eigenvalue weighted by atomic mass is 10.2. The van der Waals surface area contributed by atoms with Crippen LogP contribution in [-0.4, -0.2) is 41.1 Å². The van der Waals surface area contributed by atoms with Gasteiger partial charge in [0.2, 0.25) is 17.2 Å². The van der Waals surface area contributed by atoms with Crippen molar-refractivity contribution in [3.8, 4) is 0 Å². The number of hydrogen-bond acceptors (Lipinski definition) is 9. The van der Waals surface area contributed by atoms with E-state index in [1.807, 2.05) is 24.3 Å². The van der Waals surface area contributed by atoms with Crippen LogP contribution in [0.3, 0.4) is 0 Å². The smallest absolute Gasteiger partial charge is 0.245 e. The van der Waals surface area contributed by atoms with Gasteiger partial charge in [0.15, 0.2) is 11.5 Å². The maximum Gasteiger partial charge on any atom is 0.245 e. The van der Waals surface area contributed by atoms with Gasteiger partial charge in [0.05, 0.1) is 5.52 Å². The van der Waals surface area contributed by atoms with Crippen molar-refractivity contribution in [3.63, 3.8) is 0 Å². The van der Waals surface area contributed by atoms with E-state index in [9.17, 15) is 4.79 Å². The van der Waals surface area contributed by atoms with Crippen molar-refractivity contribution in [1.29, 1.82) is 0 Å². The van der Waals surface area contributed by atoms with Crippen LogP contribution in [0.2, 0.25) is 0 Å². The molecule has 0 spiro atoms. The zero-order valence-corrected chi connectivity index (χ0v) is 13.4. The Bertz CT molecular complexity index is 1280. The Morgan fingerprint density at radius 1 is 1.08 bits per heavy atom. The minimum atomic E-state index is -0.299. The molecule has 4 aromatic heterocycles. The van der Waals surface area contributed by atoms with Gasteiger partial charge in [-0.15, -0.1) is 0 Å². The van der Waals surface area contributed by atoms with Gasteiger partial charge in [0.1, 0.15) is 17.8 Å². The molecule has 0 atom stereocenters. The van der Waals surface area contributed by atoms with E-state index in [1.54, 1.807) is 11.5 Å². The second-order valence-corrected chi connectivity index (χ2v) is 5.66. The molecule has 11 heteroatoms. The minimum absolute atomic E-state index is 0.00177. The highest BCUT2D eigenvalue weighted by Gasteiger charge is 2.19. The summed E-state index contributed by atoms with van der Waals surface area (Å²) in [6.45, 7) is 1.69. The zero-order valence-electron chi connectivity index (χ0n) is 13.4. The number of hydrogen-bond donors (Lipinski definition) is 1. The molecule has 1 aromatic carbocycles. The number of aryl methyl sites for hydroxylation is 1. The van der Waals surface area contributed by atoms with Gasteiger partial charge in [0, 0.05) is 5.39 Å². The molecule has 0 saturated heterocycles. The molecule has 11 nitrogen and oxygen atoms in total. The summed E-state index contributed by atoms with van der Waals surface area (Å²) in [6, 6.07) is 7.58. The molecule has 5 aromatic rings. The largest absolute Gasteiger partial charge is 0.314 e. The van der Waals surface area contributed by atoms with Crippen molar-refractivity contribution in [2.24, 2.45) is 0 Å². The van der Waals surface area contributed by atoms with Crippen LogP contribution in [-0.2, 0) is 11.3 Å². The van der Waals surface area contributed by atoms with Crippen molar-refractivity contribution >= 4 is 45.1 Å². The molecule has 0 aliphatic carbocycles. The molecule has 0 aliphatic rings. The van der Waals surface area contributed by atoms with Gasteiger partial charge < -0.3 is 9.88 Å². The van der Waals surface area contributed by atoms with E-state index >= 15 is 0 Å². The van der Waals surface area contributed by atoms with Crippen molar-refractivity contribution in [1.82, 2.24) is 35.2 Å². The number of amides is 1. The third-order valence-corrected chi connectivity index (χ3v) is 4.01. The van der Waals surface area contributed by atoms with E-state index in [0.717, 1.165) is 10.9 Å². The van der Waals surface area contributed by atoms with Gasteiger partial charge >= 0.3 is 0 Å². The highest BCUT2D eigenvalue weighted by molar-refractivity contribution is 6.06. The van der Waals surface area contributed by atoms with Gasteiger partial charge in [-0.3, -0.25) is 4.79 Å². The number of fused-ring (bicyclic) bond motifs is 4. The van der Waals surface area contributed by atoms with E-state index in [4.69, 9.17) is 0 Å². The van der Waals surface area contributed by atoms with Crippen LogP contribution >= 0.6 is 0 Å². The Hall–Kier alpha value is -3.89. The number of carbonyl (C=O) groups is 1. The normalized spacial score (nSPS) is 11.6. The summed E-state index contributed by atoms with van der Waals surface area (Å²) in [5.41, 5.74) is 3.04. The molecule has 0 saturated carbocycles. The van der Waals surface area contributed by atoms with Crippen molar-refractivity contribution in [2.45, 2.75) is 13.5 Å². The summed E-state index contributed by atoms with van der Waals surface area (Å²) in [4.78, 5) is 21.4. The van der Waals surface area contributed by atoms with Gasteiger partial charge in [-0.1, -0.05) is 23.4 Å². The quantitative estimate of drug-likeness (QED) is 0.512.